The molecule has 0 unspecified atom stereocenters. The average molecular weight is 193 g/mol. The van der Waals surface area contributed by atoms with Crippen molar-refractivity contribution in [1.82, 2.24) is 5.32 Å². The Morgan fingerprint density at radius 3 is 2.64 bits per heavy atom. The maximum Gasteiger partial charge on any atom is 0.126 e. The molecule has 1 atom stereocenters. The first kappa shape index (κ1) is 9.66. The highest BCUT2D eigenvalue weighted by molar-refractivity contribution is 5.26. The van der Waals surface area contributed by atoms with Crippen molar-refractivity contribution in [2.45, 2.75) is 31.7 Å². The molecule has 76 valence electrons. The van der Waals surface area contributed by atoms with Crippen molar-refractivity contribution in [2.75, 3.05) is 6.54 Å². The molecule has 1 heterocycles. The van der Waals surface area contributed by atoms with Gasteiger partial charge in [-0.2, -0.15) is 0 Å². The summed E-state index contributed by atoms with van der Waals surface area (Å²) in [5.41, 5.74) is 0.866. The zero-order valence-electron chi connectivity index (χ0n) is 8.68. The minimum Gasteiger partial charge on any atom is -0.311 e. The molecule has 1 saturated heterocycles. The topological polar surface area (TPSA) is 12.0 Å². The van der Waals surface area contributed by atoms with E-state index in [0.717, 1.165) is 18.5 Å². The predicted octanol–water partition coefficient (Wildman–Crippen LogP) is 2.68. The number of hydrogen-bond acceptors (Lipinski definition) is 1. The molecule has 1 aliphatic rings. The Kier molecular flexibility index (Phi) is 2.31. The molecule has 0 amide bonds. The second kappa shape index (κ2) is 3.35. The molecule has 1 fully saturated rings. The van der Waals surface area contributed by atoms with Gasteiger partial charge in [-0.05, 0) is 38.4 Å². The van der Waals surface area contributed by atoms with Gasteiger partial charge in [0.15, 0.2) is 0 Å². The van der Waals surface area contributed by atoms with Crippen LogP contribution in [0.25, 0.3) is 0 Å². The molecule has 1 nitrogen and oxygen atoms in total. The lowest BCUT2D eigenvalue weighted by atomic mass is 9.83. The molecule has 2 rings (SSSR count). The summed E-state index contributed by atoms with van der Waals surface area (Å²) in [6.45, 7) is 5.25. The number of rotatable bonds is 1. The molecule has 0 saturated carbocycles. The quantitative estimate of drug-likeness (QED) is 0.723. The van der Waals surface area contributed by atoms with Gasteiger partial charge in [0, 0.05) is 11.5 Å². The third-order valence-electron chi connectivity index (χ3n) is 3.17. The van der Waals surface area contributed by atoms with E-state index in [4.69, 9.17) is 0 Å². The maximum absolute atomic E-state index is 13.6. The molecule has 0 bridgehead atoms. The third kappa shape index (κ3) is 1.55. The van der Waals surface area contributed by atoms with Crippen LogP contribution in [0.2, 0.25) is 0 Å². The summed E-state index contributed by atoms with van der Waals surface area (Å²) in [5, 5.41) is 3.40. The van der Waals surface area contributed by atoms with Gasteiger partial charge in [0.05, 0.1) is 0 Å². The average Bonchev–Trinajstić information content (AvgIpc) is 2.46. The highest BCUT2D eigenvalue weighted by atomic mass is 19.1. The number of nitrogens with one attached hydrogen (secondary N) is 1. The summed E-state index contributed by atoms with van der Waals surface area (Å²) < 4.78 is 13.6. The molecule has 0 aromatic heterocycles. The van der Waals surface area contributed by atoms with Crippen molar-refractivity contribution in [3.63, 3.8) is 0 Å². The smallest absolute Gasteiger partial charge is 0.126 e. The van der Waals surface area contributed by atoms with Crippen molar-refractivity contribution >= 4 is 0 Å². The van der Waals surface area contributed by atoms with E-state index in [1.165, 1.54) is 0 Å². The largest absolute Gasteiger partial charge is 0.311 e. The Morgan fingerprint density at radius 1 is 1.36 bits per heavy atom. The molecule has 2 heteroatoms. The molecule has 1 aliphatic heterocycles. The minimum atomic E-state index is -0.0747. The fourth-order valence-corrected chi connectivity index (χ4v) is 2.32. The summed E-state index contributed by atoms with van der Waals surface area (Å²) in [7, 11) is 0. The molecule has 1 aromatic carbocycles. The van der Waals surface area contributed by atoms with Crippen LogP contribution in [-0.2, 0) is 0 Å². The van der Waals surface area contributed by atoms with E-state index in [2.05, 4.69) is 19.2 Å². The zero-order chi connectivity index (χ0) is 10.2. The Bertz CT molecular complexity index is 333. The standard InChI is InChI=1S/C12H16FN/c1-12(2)10(7-8-14-12)9-5-3-4-6-11(9)13/h3-6,10,14H,7-8H2,1-2H3/t10-/m1/s1. The van der Waals surface area contributed by atoms with E-state index in [0.29, 0.717) is 5.92 Å². The Balaban J connectivity index is 2.36. The van der Waals surface area contributed by atoms with Crippen LogP contribution in [-0.4, -0.2) is 12.1 Å². The van der Waals surface area contributed by atoms with Crippen molar-refractivity contribution in [3.8, 4) is 0 Å². The van der Waals surface area contributed by atoms with Crippen molar-refractivity contribution in [1.29, 1.82) is 0 Å². The van der Waals surface area contributed by atoms with Gasteiger partial charge in [0.25, 0.3) is 0 Å². The monoisotopic (exact) mass is 193 g/mol. The van der Waals surface area contributed by atoms with E-state index < -0.39 is 0 Å². The first-order chi connectivity index (χ1) is 6.61. The van der Waals surface area contributed by atoms with Crippen molar-refractivity contribution in [3.05, 3.63) is 35.6 Å². The Morgan fingerprint density at radius 2 is 2.07 bits per heavy atom. The number of hydrogen-bond donors (Lipinski definition) is 1. The molecule has 14 heavy (non-hydrogen) atoms. The van der Waals surface area contributed by atoms with Gasteiger partial charge >= 0.3 is 0 Å². The van der Waals surface area contributed by atoms with E-state index >= 15 is 0 Å². The van der Waals surface area contributed by atoms with Crippen LogP contribution in [0.1, 0.15) is 31.7 Å². The fourth-order valence-electron chi connectivity index (χ4n) is 2.32. The van der Waals surface area contributed by atoms with Crippen LogP contribution >= 0.6 is 0 Å². The molecule has 1 aromatic rings. The second-order valence-electron chi connectivity index (χ2n) is 4.51. The Labute approximate surface area is 84.3 Å². The van der Waals surface area contributed by atoms with E-state index in [1.807, 2.05) is 12.1 Å². The molecular formula is C12H16FN. The van der Waals surface area contributed by atoms with Gasteiger partial charge in [-0.25, -0.2) is 4.39 Å². The number of halogens is 1. The first-order valence-electron chi connectivity index (χ1n) is 5.11. The molecule has 0 spiro atoms. The molecule has 0 aliphatic carbocycles. The van der Waals surface area contributed by atoms with Crippen LogP contribution in [0, 0.1) is 5.82 Å². The van der Waals surface area contributed by atoms with Gasteiger partial charge in [-0.1, -0.05) is 18.2 Å². The highest BCUT2D eigenvalue weighted by Gasteiger charge is 2.36. The second-order valence-corrected chi connectivity index (χ2v) is 4.51. The first-order valence-corrected chi connectivity index (χ1v) is 5.11. The third-order valence-corrected chi connectivity index (χ3v) is 3.17. The summed E-state index contributed by atoms with van der Waals surface area (Å²) in [6.07, 6.45) is 1.02. The summed E-state index contributed by atoms with van der Waals surface area (Å²) in [5.74, 6) is 0.220. The van der Waals surface area contributed by atoms with Gasteiger partial charge in [0.1, 0.15) is 5.82 Å². The van der Waals surface area contributed by atoms with E-state index in [-0.39, 0.29) is 11.4 Å². The fraction of sp³-hybridized carbons (Fsp3) is 0.500. The molecule has 0 radical (unpaired) electrons. The van der Waals surface area contributed by atoms with Crippen LogP contribution in [0.5, 0.6) is 0 Å². The van der Waals surface area contributed by atoms with Crippen LogP contribution < -0.4 is 5.32 Å². The lowest BCUT2D eigenvalue weighted by molar-refractivity contribution is 0.400. The maximum atomic E-state index is 13.6. The van der Waals surface area contributed by atoms with Gasteiger partial charge in [0.2, 0.25) is 0 Å². The SMILES string of the molecule is CC1(C)NCC[C@@H]1c1ccccc1F. The minimum absolute atomic E-state index is 0.0161. The lowest BCUT2D eigenvalue weighted by Gasteiger charge is -2.27. The van der Waals surface area contributed by atoms with E-state index in [9.17, 15) is 4.39 Å². The summed E-state index contributed by atoms with van der Waals surface area (Å²) in [4.78, 5) is 0. The summed E-state index contributed by atoms with van der Waals surface area (Å²) >= 11 is 0. The number of benzene rings is 1. The van der Waals surface area contributed by atoms with Crippen LogP contribution in [0.3, 0.4) is 0 Å². The van der Waals surface area contributed by atoms with Crippen molar-refractivity contribution < 1.29 is 4.39 Å². The summed E-state index contributed by atoms with van der Waals surface area (Å²) in [6, 6.07) is 7.10. The van der Waals surface area contributed by atoms with Gasteiger partial charge < -0.3 is 5.32 Å². The van der Waals surface area contributed by atoms with Gasteiger partial charge in [-0.15, -0.1) is 0 Å². The van der Waals surface area contributed by atoms with Gasteiger partial charge in [-0.3, -0.25) is 0 Å². The van der Waals surface area contributed by atoms with Crippen LogP contribution in [0.15, 0.2) is 24.3 Å². The molecule has 1 N–H and O–H groups in total. The Hall–Kier alpha value is -0.890. The predicted molar refractivity (Wildman–Crippen MR) is 55.8 cm³/mol. The zero-order valence-corrected chi connectivity index (χ0v) is 8.68. The van der Waals surface area contributed by atoms with Crippen LogP contribution in [0.4, 0.5) is 4.39 Å². The lowest BCUT2D eigenvalue weighted by Crippen LogP contribution is -2.37. The normalized spacial score (nSPS) is 25.2. The van der Waals surface area contributed by atoms with E-state index in [1.54, 1.807) is 12.1 Å². The van der Waals surface area contributed by atoms with Crippen molar-refractivity contribution in [2.24, 2.45) is 0 Å². The highest BCUT2D eigenvalue weighted by Crippen LogP contribution is 2.36. The molecular weight excluding hydrogens is 177 g/mol.